The van der Waals surface area contributed by atoms with Crippen molar-refractivity contribution in [3.8, 4) is 11.3 Å². The number of piperazine rings is 1. The van der Waals surface area contributed by atoms with Crippen LogP contribution in [0.3, 0.4) is 0 Å². The first-order chi connectivity index (χ1) is 11.8. The van der Waals surface area contributed by atoms with Gasteiger partial charge in [0.05, 0.1) is 16.9 Å². The Balaban J connectivity index is 1.76. The molecule has 0 amide bonds. The van der Waals surface area contributed by atoms with Crippen LogP contribution >= 0.6 is 11.3 Å². The number of para-hydroxylation sites is 1. The van der Waals surface area contributed by atoms with Gasteiger partial charge in [0.15, 0.2) is 0 Å². The van der Waals surface area contributed by atoms with Gasteiger partial charge >= 0.3 is 0 Å². The fourth-order valence-corrected chi connectivity index (χ4v) is 4.95. The summed E-state index contributed by atoms with van der Waals surface area (Å²) in [5.41, 5.74) is 6.63. The first kappa shape index (κ1) is 14.4. The molecular weight excluding hydrogens is 314 g/mol. The van der Waals surface area contributed by atoms with Crippen LogP contribution in [0.2, 0.25) is 0 Å². The van der Waals surface area contributed by atoms with E-state index in [9.17, 15) is 0 Å². The van der Waals surface area contributed by atoms with Crippen LogP contribution in [-0.4, -0.2) is 43.1 Å². The zero-order valence-electron chi connectivity index (χ0n) is 14.0. The van der Waals surface area contributed by atoms with Gasteiger partial charge in [-0.1, -0.05) is 18.2 Å². The number of aromatic nitrogens is 1. The lowest BCUT2D eigenvalue weighted by molar-refractivity contribution is 0.313. The lowest BCUT2D eigenvalue weighted by Gasteiger charge is -2.37. The van der Waals surface area contributed by atoms with E-state index in [2.05, 4.69) is 52.6 Å². The number of thiophene rings is 1. The SMILES string of the molecule is CN1CCN(c2c3c(nc4ccccc24)-c2ccsc2CC3)CC1. The molecule has 0 radical (unpaired) electrons. The molecule has 0 saturated carbocycles. The Morgan fingerprint density at radius 3 is 2.71 bits per heavy atom. The molecule has 3 heterocycles. The normalized spacial score (nSPS) is 17.8. The van der Waals surface area contributed by atoms with Gasteiger partial charge in [-0.15, -0.1) is 11.3 Å². The van der Waals surface area contributed by atoms with Gasteiger partial charge in [-0.3, -0.25) is 0 Å². The molecule has 5 rings (SSSR count). The number of aryl methyl sites for hydroxylation is 1. The second-order valence-electron chi connectivity index (χ2n) is 6.85. The Bertz CT molecular complexity index is 906. The Morgan fingerprint density at radius 1 is 1.00 bits per heavy atom. The van der Waals surface area contributed by atoms with Crippen molar-refractivity contribution in [1.82, 2.24) is 9.88 Å². The van der Waals surface area contributed by atoms with Crippen molar-refractivity contribution in [3.05, 3.63) is 46.2 Å². The van der Waals surface area contributed by atoms with Gasteiger partial charge in [0.1, 0.15) is 0 Å². The van der Waals surface area contributed by atoms with Crippen molar-refractivity contribution in [3.63, 3.8) is 0 Å². The summed E-state index contributed by atoms with van der Waals surface area (Å²) in [4.78, 5) is 11.6. The number of hydrogen-bond donors (Lipinski definition) is 0. The van der Waals surface area contributed by atoms with Crippen LogP contribution in [0, 0.1) is 0 Å². The summed E-state index contributed by atoms with van der Waals surface area (Å²) in [6.45, 7) is 4.48. The second kappa shape index (κ2) is 5.57. The van der Waals surface area contributed by atoms with Gasteiger partial charge in [-0.25, -0.2) is 4.98 Å². The Morgan fingerprint density at radius 2 is 1.83 bits per heavy atom. The third kappa shape index (κ3) is 2.17. The predicted octanol–water partition coefficient (Wildman–Crippen LogP) is 3.81. The minimum atomic E-state index is 1.10. The summed E-state index contributed by atoms with van der Waals surface area (Å²) in [6, 6.07) is 10.9. The summed E-state index contributed by atoms with van der Waals surface area (Å²) in [6.07, 6.45) is 2.27. The maximum absolute atomic E-state index is 5.07. The van der Waals surface area contributed by atoms with E-state index in [0.717, 1.165) is 44.5 Å². The molecule has 2 aromatic heterocycles. The zero-order chi connectivity index (χ0) is 16.1. The third-order valence-electron chi connectivity index (χ3n) is 5.39. The average molecular weight is 335 g/mol. The van der Waals surface area contributed by atoms with E-state index in [4.69, 9.17) is 4.98 Å². The molecule has 1 aliphatic heterocycles. The third-order valence-corrected chi connectivity index (χ3v) is 6.37. The van der Waals surface area contributed by atoms with Gasteiger partial charge in [-0.05, 0) is 37.4 Å². The fourth-order valence-electron chi connectivity index (χ4n) is 4.07. The van der Waals surface area contributed by atoms with E-state index in [1.807, 2.05) is 11.3 Å². The van der Waals surface area contributed by atoms with Crippen molar-refractivity contribution in [2.45, 2.75) is 12.8 Å². The zero-order valence-corrected chi connectivity index (χ0v) is 14.8. The lowest BCUT2D eigenvalue weighted by Crippen LogP contribution is -2.45. The number of likely N-dealkylation sites (N-methyl/N-ethyl adjacent to an activating group) is 1. The fraction of sp³-hybridized carbons (Fsp3) is 0.350. The molecule has 1 aliphatic carbocycles. The number of benzene rings is 1. The van der Waals surface area contributed by atoms with Gasteiger partial charge in [0, 0.05) is 47.6 Å². The van der Waals surface area contributed by atoms with Crippen molar-refractivity contribution in [2.24, 2.45) is 0 Å². The largest absolute Gasteiger partial charge is 0.368 e. The van der Waals surface area contributed by atoms with Crippen molar-refractivity contribution in [1.29, 1.82) is 0 Å². The molecule has 0 bridgehead atoms. The van der Waals surface area contributed by atoms with Gasteiger partial charge < -0.3 is 9.80 Å². The van der Waals surface area contributed by atoms with Gasteiger partial charge in [-0.2, -0.15) is 0 Å². The molecule has 0 spiro atoms. The molecule has 1 saturated heterocycles. The standard InChI is InChI=1S/C20H21N3S/c1-22-9-11-23(12-10-22)20-14-4-2-3-5-17(14)21-19-15-8-13-24-18(15)7-6-16(19)20/h2-5,8,13H,6-7,9-12H2,1H3. The highest BCUT2D eigenvalue weighted by Gasteiger charge is 2.27. The molecule has 24 heavy (non-hydrogen) atoms. The summed E-state index contributed by atoms with van der Waals surface area (Å²) >= 11 is 1.88. The highest BCUT2D eigenvalue weighted by molar-refractivity contribution is 7.10. The molecule has 0 atom stereocenters. The van der Waals surface area contributed by atoms with Crippen molar-refractivity contribution < 1.29 is 0 Å². The molecule has 4 heteroatoms. The summed E-state index contributed by atoms with van der Waals surface area (Å²) in [7, 11) is 2.22. The first-order valence-corrected chi connectivity index (χ1v) is 9.61. The maximum Gasteiger partial charge on any atom is 0.0773 e. The Kier molecular flexibility index (Phi) is 3.35. The van der Waals surface area contributed by atoms with Crippen LogP contribution in [0.15, 0.2) is 35.7 Å². The molecule has 3 aromatic rings. The van der Waals surface area contributed by atoms with Crippen molar-refractivity contribution >= 4 is 27.9 Å². The van der Waals surface area contributed by atoms with Crippen LogP contribution in [0.25, 0.3) is 22.2 Å². The smallest absolute Gasteiger partial charge is 0.0773 e. The first-order valence-electron chi connectivity index (χ1n) is 8.73. The van der Waals surface area contributed by atoms with Crippen LogP contribution in [0.5, 0.6) is 0 Å². The predicted molar refractivity (Wildman–Crippen MR) is 102 cm³/mol. The molecule has 0 unspecified atom stereocenters. The number of pyridine rings is 1. The second-order valence-corrected chi connectivity index (χ2v) is 7.85. The molecule has 2 aliphatic rings. The van der Waals surface area contributed by atoms with Crippen LogP contribution in [0.4, 0.5) is 5.69 Å². The van der Waals surface area contributed by atoms with E-state index < -0.39 is 0 Å². The van der Waals surface area contributed by atoms with E-state index in [-0.39, 0.29) is 0 Å². The average Bonchev–Trinajstić information content (AvgIpc) is 3.10. The lowest BCUT2D eigenvalue weighted by atomic mass is 9.91. The van der Waals surface area contributed by atoms with E-state index >= 15 is 0 Å². The highest BCUT2D eigenvalue weighted by atomic mass is 32.1. The minimum Gasteiger partial charge on any atom is -0.368 e. The monoisotopic (exact) mass is 335 g/mol. The van der Waals surface area contributed by atoms with Crippen LogP contribution < -0.4 is 4.90 Å². The molecule has 122 valence electrons. The van der Waals surface area contributed by atoms with E-state index in [1.165, 1.54) is 32.8 Å². The van der Waals surface area contributed by atoms with Crippen molar-refractivity contribution in [2.75, 3.05) is 38.1 Å². The van der Waals surface area contributed by atoms with E-state index in [1.54, 1.807) is 0 Å². The van der Waals surface area contributed by atoms with Crippen LogP contribution in [0.1, 0.15) is 10.4 Å². The summed E-state index contributed by atoms with van der Waals surface area (Å²) in [5, 5.41) is 3.53. The number of hydrogen-bond acceptors (Lipinski definition) is 4. The highest BCUT2D eigenvalue weighted by Crippen LogP contribution is 2.42. The molecule has 1 aromatic carbocycles. The van der Waals surface area contributed by atoms with E-state index in [0.29, 0.717) is 0 Å². The van der Waals surface area contributed by atoms with Crippen LogP contribution in [-0.2, 0) is 12.8 Å². The molecule has 0 N–H and O–H groups in total. The number of rotatable bonds is 1. The number of fused-ring (bicyclic) bond motifs is 4. The Hall–Kier alpha value is -1.91. The van der Waals surface area contributed by atoms with Gasteiger partial charge in [0.25, 0.3) is 0 Å². The molecular formula is C20H21N3S. The number of anilines is 1. The maximum atomic E-state index is 5.07. The minimum absolute atomic E-state index is 1.10. The molecule has 1 fully saturated rings. The quantitative estimate of drug-likeness (QED) is 0.674. The number of nitrogens with zero attached hydrogens (tertiary/aromatic N) is 3. The summed E-state index contributed by atoms with van der Waals surface area (Å²) < 4.78 is 0. The van der Waals surface area contributed by atoms with Gasteiger partial charge in [0.2, 0.25) is 0 Å². The summed E-state index contributed by atoms with van der Waals surface area (Å²) in [5.74, 6) is 0. The Labute approximate surface area is 146 Å². The molecule has 3 nitrogen and oxygen atoms in total. The topological polar surface area (TPSA) is 19.4 Å².